The molecule has 6 amide bonds. The number of nitrogens with zero attached hydrogens (tertiary/aromatic N) is 2. The number of fused-ring (bicyclic) bond motifs is 1. The number of aryl methyl sites for hydroxylation is 1. The quantitative estimate of drug-likeness (QED) is 0.0195. The molecule has 1 aliphatic heterocycles. The third-order valence-corrected chi connectivity index (χ3v) is 17.5. The number of nitrogens with one attached hydrogen (secondary N) is 6. The molecular weight excluding hydrogens is 1350 g/mol. The van der Waals surface area contributed by atoms with Crippen molar-refractivity contribution in [2.75, 3.05) is 37.7 Å². The lowest BCUT2D eigenvalue weighted by molar-refractivity contribution is -0.141. The number of Topliss-reactive ketones (excluding diaryl/α,β-unsaturated/α-hetero) is 1. The summed E-state index contributed by atoms with van der Waals surface area (Å²) in [6.45, 7) is 12.5. The average Bonchev–Trinajstić information content (AvgIpc) is 1.58. The second-order valence-corrected chi connectivity index (χ2v) is 27.3. The first-order valence-electron chi connectivity index (χ1n) is 31.9. The predicted octanol–water partition coefficient (Wildman–Crippen LogP) is 3.61. The number of benzene rings is 2. The Morgan fingerprint density at radius 1 is 0.580 bits per heavy atom. The number of ether oxygens (including phenoxy) is 1. The number of aliphatic imine (C=N–C) groups is 1. The highest BCUT2D eigenvalue weighted by atomic mass is 32.2. The maximum absolute atomic E-state index is 14.0. The van der Waals surface area contributed by atoms with Gasteiger partial charge in [0.05, 0.1) is 16.4 Å². The Labute approximate surface area is 579 Å². The molecule has 1 heterocycles. The Morgan fingerprint density at radius 2 is 1.01 bits per heavy atom. The fraction of sp³-hybridized carbons (Fsp3) is 0.500. The lowest BCUT2D eigenvalue weighted by atomic mass is 9.77. The van der Waals surface area contributed by atoms with Crippen LogP contribution in [0.2, 0.25) is 0 Å². The molecule has 0 bridgehead atoms. The second-order valence-electron chi connectivity index (χ2n) is 24.4. The first-order valence-corrected chi connectivity index (χ1v) is 34.8. The number of anilines is 1. The molecule has 0 radical (unpaired) electrons. The van der Waals surface area contributed by atoms with Crippen molar-refractivity contribution in [1.29, 1.82) is 0 Å². The maximum atomic E-state index is 14.0. The van der Waals surface area contributed by atoms with Crippen LogP contribution in [-0.4, -0.2) is 191 Å². The number of aliphatic carboxylic acids is 5. The van der Waals surface area contributed by atoms with E-state index in [1.54, 1.807) is 48.6 Å². The van der Waals surface area contributed by atoms with E-state index in [1.807, 2.05) is 52.5 Å². The van der Waals surface area contributed by atoms with Crippen molar-refractivity contribution in [2.45, 2.75) is 189 Å². The van der Waals surface area contributed by atoms with Crippen LogP contribution in [0.25, 0.3) is 0 Å². The number of carboxylic acids is 5. The van der Waals surface area contributed by atoms with Crippen LogP contribution < -0.4 is 36.8 Å². The van der Waals surface area contributed by atoms with E-state index in [0.717, 1.165) is 11.3 Å². The lowest BCUT2D eigenvalue weighted by Crippen LogP contribution is -2.59. The van der Waals surface area contributed by atoms with Gasteiger partial charge in [-0.15, -0.1) is 0 Å². The van der Waals surface area contributed by atoms with Crippen LogP contribution in [0.5, 0.6) is 0 Å². The highest BCUT2D eigenvalue weighted by Gasteiger charge is 2.41. The highest BCUT2D eigenvalue weighted by Crippen LogP contribution is 2.48. The van der Waals surface area contributed by atoms with Gasteiger partial charge in [-0.2, -0.15) is 16.8 Å². The van der Waals surface area contributed by atoms with E-state index in [4.69, 9.17) is 4.74 Å². The number of allylic oxidation sites excluding steroid dienone is 8. The van der Waals surface area contributed by atoms with Crippen LogP contribution in [-0.2, 0) is 93.3 Å². The van der Waals surface area contributed by atoms with Gasteiger partial charge in [0.25, 0.3) is 20.2 Å². The number of rotatable bonds is 45. The van der Waals surface area contributed by atoms with Gasteiger partial charge in [-0.05, 0) is 125 Å². The molecule has 13 N–H and O–H groups in total. The van der Waals surface area contributed by atoms with Crippen molar-refractivity contribution in [3.63, 3.8) is 0 Å². The summed E-state index contributed by atoms with van der Waals surface area (Å²) < 4.78 is 73.4. The Kier molecular flexibility index (Phi) is 33.8. The zero-order valence-electron chi connectivity index (χ0n) is 56.6. The molecular formula is C66H90N8O24S2. The molecule has 1 aliphatic rings. The minimum atomic E-state index is -4.61. The van der Waals surface area contributed by atoms with Crippen LogP contribution >= 0.6 is 0 Å². The van der Waals surface area contributed by atoms with E-state index >= 15 is 0 Å². The minimum Gasteiger partial charge on any atom is -0.481 e. The Hall–Kier alpha value is -9.51. The smallest absolute Gasteiger partial charge is 0.303 e. The highest BCUT2D eigenvalue weighted by molar-refractivity contribution is 7.86. The molecule has 550 valence electrons. The molecule has 0 saturated heterocycles. The van der Waals surface area contributed by atoms with Gasteiger partial charge in [-0.25, -0.2) is 0 Å². The van der Waals surface area contributed by atoms with Gasteiger partial charge in [-0.3, -0.25) is 71.6 Å². The molecule has 2 aromatic carbocycles. The molecule has 32 nitrogen and oxygen atoms in total. The normalized spacial score (nSPS) is 15.1. The van der Waals surface area contributed by atoms with E-state index in [1.165, 1.54) is 31.2 Å². The molecule has 0 fully saturated rings. The molecule has 0 spiro atoms. The van der Waals surface area contributed by atoms with Crippen molar-refractivity contribution in [3.8, 4) is 0 Å². The van der Waals surface area contributed by atoms with E-state index in [2.05, 4.69) is 36.9 Å². The number of carbonyl (C=O) groups excluding carboxylic acids is 7. The van der Waals surface area contributed by atoms with Gasteiger partial charge >= 0.3 is 29.8 Å². The van der Waals surface area contributed by atoms with Crippen molar-refractivity contribution >= 4 is 103 Å². The zero-order chi connectivity index (χ0) is 75.3. The Bertz CT molecular complexity index is 3730. The average molecular weight is 1440 g/mol. The summed E-state index contributed by atoms with van der Waals surface area (Å²) in [4.78, 5) is 158. The summed E-state index contributed by atoms with van der Waals surface area (Å²) in [5.41, 5.74) is 2.42. The SMILES string of the molecule is CCN=C(/C=C/C=C/C=C/C=C1/N(CCCCCC(=O)N[C@H](CCC(=O)O)C(=O)N[C@H](CCC(=O)O)C(=O)N[C@H](CCC(=O)O)C(=O)N[C@H](CCC(=O)O)C(=O)N[C@H](CCC(=O)O)C(=O)NCCOCC(C)=O)c2ccc(S(=O)(=O)O)cc2C1(C)C)C(C)(C)c1cc(S(=O)(=O)O)ccc1C. The number of carboxylic acid groups (broad SMARTS) is 5. The summed E-state index contributed by atoms with van der Waals surface area (Å²) >= 11 is 0. The summed E-state index contributed by atoms with van der Waals surface area (Å²) in [5.74, 6) is -14.2. The van der Waals surface area contributed by atoms with E-state index in [0.29, 0.717) is 48.5 Å². The zero-order valence-corrected chi connectivity index (χ0v) is 58.2. The first-order chi connectivity index (χ1) is 46.7. The summed E-state index contributed by atoms with van der Waals surface area (Å²) in [5, 5.41) is 61.3. The third kappa shape index (κ3) is 28.4. The fourth-order valence-corrected chi connectivity index (χ4v) is 11.6. The number of unbranched alkanes of at least 4 members (excludes halogenated alkanes) is 2. The number of ketones is 1. The topological polar surface area (TPSA) is 512 Å². The van der Waals surface area contributed by atoms with Gasteiger partial charge in [0, 0.05) is 86.1 Å². The van der Waals surface area contributed by atoms with Gasteiger partial charge < -0.3 is 67.1 Å². The molecule has 5 atom stereocenters. The van der Waals surface area contributed by atoms with Crippen molar-refractivity contribution in [3.05, 3.63) is 101 Å². The summed E-state index contributed by atoms with van der Waals surface area (Å²) in [6.07, 6.45) is 6.21. The first kappa shape index (κ1) is 84.7. The maximum Gasteiger partial charge on any atom is 0.303 e. The third-order valence-electron chi connectivity index (χ3n) is 15.8. The van der Waals surface area contributed by atoms with Gasteiger partial charge in [0.1, 0.15) is 36.8 Å². The minimum absolute atomic E-state index is 0.168. The van der Waals surface area contributed by atoms with E-state index in [9.17, 15) is 109 Å². The Balaban J connectivity index is 1.83. The van der Waals surface area contributed by atoms with E-state index in [-0.39, 0.29) is 48.2 Å². The molecule has 34 heteroatoms. The number of hydrogen-bond acceptors (Lipinski definition) is 19. The largest absolute Gasteiger partial charge is 0.481 e. The number of hydrogen-bond donors (Lipinski definition) is 13. The van der Waals surface area contributed by atoms with Crippen LogP contribution in [0.15, 0.2) is 99.4 Å². The van der Waals surface area contributed by atoms with Gasteiger partial charge in [0.15, 0.2) is 5.78 Å². The van der Waals surface area contributed by atoms with Crippen molar-refractivity contribution in [1.82, 2.24) is 31.9 Å². The molecule has 2 aromatic rings. The Morgan fingerprint density at radius 3 is 1.46 bits per heavy atom. The molecule has 0 aliphatic carbocycles. The summed E-state index contributed by atoms with van der Waals surface area (Å²) in [6, 6.07) is -0.347. The molecule has 0 aromatic heterocycles. The molecule has 0 saturated carbocycles. The number of carbonyl (C=O) groups is 12. The number of amides is 6. The standard InChI is InChI=1S/C66H90N8O24S2/c1-8-67-52(65(4,5)44-37-42(99(92,93)94)21-20-40(44)2)17-13-10-9-11-14-18-53-66(6,7)45-38-43(100(95,96)97)22-28-51(45)74(53)35-16-12-15-19-54(76)69-47(24-30-56(79)80)61(88)71-49(26-32-58(83)84)63(90)73-50(27-33-59(85)86)64(91)72-48(25-31-57(81)82)62(89)70-46(23-29-55(77)78)60(87)68-34-36-98-39-41(3)75/h9-11,13-14,17-18,20-22,28,37-38,46-50H,8,12,15-16,19,23-27,29-36,39H2,1-7H3,(H,68,87)(H,69,76)(H,70,89)(H,71,88)(H,72,91)(H,73,90)(H,77,78)(H,79,80)(H,81,82)(H,83,84)(H,85,86)(H,92,93,94)(H,95,96,97)/b10-9+,14-11+,17-13+,53-18+,67-52?/t46-,47-,48-,49-,50-/m1/s1. The van der Waals surface area contributed by atoms with Gasteiger partial charge in [-0.1, -0.05) is 70.6 Å². The van der Waals surface area contributed by atoms with Crippen LogP contribution in [0.4, 0.5) is 5.69 Å². The van der Waals surface area contributed by atoms with Crippen LogP contribution in [0.1, 0.15) is 148 Å². The predicted molar refractivity (Wildman–Crippen MR) is 361 cm³/mol. The monoisotopic (exact) mass is 1440 g/mol. The van der Waals surface area contributed by atoms with Crippen molar-refractivity contribution in [2.24, 2.45) is 4.99 Å². The fourth-order valence-electron chi connectivity index (χ4n) is 10.6. The summed E-state index contributed by atoms with van der Waals surface area (Å²) in [7, 11) is -9.08. The lowest BCUT2D eigenvalue weighted by Gasteiger charge is -2.28. The molecule has 100 heavy (non-hydrogen) atoms. The second kappa shape index (κ2) is 39.9. The van der Waals surface area contributed by atoms with E-state index < -0.39 is 191 Å². The molecule has 0 unspecified atom stereocenters. The van der Waals surface area contributed by atoms with Crippen molar-refractivity contribution < 1.29 is 114 Å². The molecule has 3 rings (SSSR count). The van der Waals surface area contributed by atoms with Gasteiger partial charge in [0.2, 0.25) is 35.4 Å². The van der Waals surface area contributed by atoms with Crippen LogP contribution in [0.3, 0.4) is 0 Å². The van der Waals surface area contributed by atoms with Crippen LogP contribution in [0, 0.1) is 6.92 Å².